The van der Waals surface area contributed by atoms with Crippen LogP contribution in [-0.2, 0) is 12.8 Å². The smallest absolute Gasteiger partial charge is 0.359 e. The second-order valence-corrected chi connectivity index (χ2v) is 7.66. The van der Waals surface area contributed by atoms with E-state index in [0.29, 0.717) is 35.6 Å². The average molecular weight is 426 g/mol. The monoisotopic (exact) mass is 426 g/mol. The fraction of sp³-hybridized carbons (Fsp3) is 0.120. The molecule has 0 radical (unpaired) electrons. The van der Waals surface area contributed by atoms with Crippen LogP contribution in [0, 0.1) is 0 Å². The van der Waals surface area contributed by atoms with Gasteiger partial charge in [-0.15, -0.1) is 0 Å². The first kappa shape index (κ1) is 19.7. The minimum absolute atomic E-state index is 0.108. The standard InChI is InChI=1S/C25H19N3O4/c29-24-21(14-19-10-5-11-32-19)27-23-20(12-16-6-2-1-3-7-16)26-22(15-28(23)24)17-8-4-9-18(13-17)25(30)31/h1-11,13,15,21H,12,14H2,(H,30,31)/p+1. The zero-order chi connectivity index (χ0) is 22.1. The Bertz CT molecular complexity index is 1300. The number of rotatable bonds is 6. The van der Waals surface area contributed by atoms with Crippen LogP contribution in [0.1, 0.15) is 32.2 Å². The van der Waals surface area contributed by atoms with Crippen molar-refractivity contribution in [2.45, 2.75) is 18.9 Å². The summed E-state index contributed by atoms with van der Waals surface area (Å²) in [4.78, 5) is 29.5. The van der Waals surface area contributed by atoms with Crippen LogP contribution in [0.5, 0.6) is 0 Å². The third kappa shape index (κ3) is 3.76. The lowest BCUT2D eigenvalue weighted by Gasteiger charge is -2.07. The number of carbonyl (C=O) groups is 2. The maximum absolute atomic E-state index is 13.2. The van der Waals surface area contributed by atoms with E-state index in [0.717, 1.165) is 11.3 Å². The fourth-order valence-corrected chi connectivity index (χ4v) is 3.91. The number of anilines is 1. The van der Waals surface area contributed by atoms with Crippen molar-refractivity contribution in [3.8, 4) is 11.3 Å². The molecule has 1 unspecified atom stereocenters. The molecule has 0 saturated heterocycles. The largest absolute Gasteiger partial charge is 0.478 e. The van der Waals surface area contributed by atoms with Gasteiger partial charge in [-0.1, -0.05) is 42.5 Å². The van der Waals surface area contributed by atoms with E-state index in [4.69, 9.17) is 9.40 Å². The molecule has 7 nitrogen and oxygen atoms in total. The summed E-state index contributed by atoms with van der Waals surface area (Å²) in [7, 11) is 0. The van der Waals surface area contributed by atoms with Crippen LogP contribution in [0.2, 0.25) is 0 Å². The van der Waals surface area contributed by atoms with E-state index < -0.39 is 12.0 Å². The molecule has 5 rings (SSSR count). The van der Waals surface area contributed by atoms with Gasteiger partial charge in [-0.05, 0) is 29.8 Å². The van der Waals surface area contributed by atoms with Gasteiger partial charge in [0.25, 0.3) is 0 Å². The Morgan fingerprint density at radius 2 is 1.94 bits per heavy atom. The molecule has 2 aromatic heterocycles. The molecule has 2 aromatic carbocycles. The maximum Gasteiger partial charge on any atom is 0.359 e. The van der Waals surface area contributed by atoms with Gasteiger partial charge in [0.15, 0.2) is 0 Å². The Hall–Kier alpha value is -4.26. The first-order valence-electron chi connectivity index (χ1n) is 10.2. The first-order chi connectivity index (χ1) is 15.6. The van der Waals surface area contributed by atoms with Crippen LogP contribution in [0.3, 0.4) is 0 Å². The van der Waals surface area contributed by atoms with Crippen molar-refractivity contribution in [2.75, 3.05) is 5.32 Å². The normalized spacial score (nSPS) is 14.8. The summed E-state index contributed by atoms with van der Waals surface area (Å²) < 4.78 is 7.01. The average Bonchev–Trinajstić information content (AvgIpc) is 3.43. The molecule has 158 valence electrons. The number of nitrogens with zero attached hydrogens (tertiary/aromatic N) is 2. The minimum atomic E-state index is -1.01. The van der Waals surface area contributed by atoms with Gasteiger partial charge in [0.1, 0.15) is 23.3 Å². The van der Waals surface area contributed by atoms with Crippen LogP contribution in [0.15, 0.2) is 83.6 Å². The molecular weight excluding hydrogens is 406 g/mol. The lowest BCUT2D eigenvalue weighted by molar-refractivity contribution is -0.552. The van der Waals surface area contributed by atoms with E-state index in [2.05, 4.69) is 5.32 Å². The van der Waals surface area contributed by atoms with Gasteiger partial charge in [0.05, 0.1) is 18.2 Å². The number of carboxylic acids is 1. The fourth-order valence-electron chi connectivity index (χ4n) is 3.91. The zero-order valence-corrected chi connectivity index (χ0v) is 17.1. The topological polar surface area (TPSA) is 96.3 Å². The molecule has 0 saturated carbocycles. The van der Waals surface area contributed by atoms with E-state index in [1.807, 2.05) is 36.4 Å². The van der Waals surface area contributed by atoms with Crippen molar-refractivity contribution >= 4 is 17.7 Å². The summed E-state index contributed by atoms with van der Waals surface area (Å²) >= 11 is 0. The van der Waals surface area contributed by atoms with Crippen molar-refractivity contribution in [2.24, 2.45) is 0 Å². The number of aromatic carboxylic acids is 1. The SMILES string of the molecule is O=C(O)c1cccc(-c2c[n+]3c(c(Cc4ccccc4)n2)NC(Cc2ccco2)C3=O)c1. The predicted molar refractivity (Wildman–Crippen MR) is 117 cm³/mol. The van der Waals surface area contributed by atoms with Crippen LogP contribution in [-0.4, -0.2) is 28.0 Å². The summed E-state index contributed by atoms with van der Waals surface area (Å²) in [6, 6.07) is 19.6. The molecule has 0 amide bonds. The van der Waals surface area contributed by atoms with E-state index in [1.54, 1.807) is 41.3 Å². The van der Waals surface area contributed by atoms with Gasteiger partial charge < -0.3 is 9.52 Å². The van der Waals surface area contributed by atoms with Gasteiger partial charge in [-0.25, -0.2) is 14.6 Å². The number of carbonyl (C=O) groups excluding carboxylic acids is 1. The highest BCUT2D eigenvalue weighted by Crippen LogP contribution is 2.25. The Kier molecular flexibility index (Phi) is 4.99. The van der Waals surface area contributed by atoms with Gasteiger partial charge in [0.2, 0.25) is 6.04 Å². The third-order valence-corrected chi connectivity index (χ3v) is 5.47. The minimum Gasteiger partial charge on any atom is -0.478 e. The molecule has 1 atom stereocenters. The van der Waals surface area contributed by atoms with Gasteiger partial charge in [0, 0.05) is 12.0 Å². The van der Waals surface area contributed by atoms with Crippen molar-refractivity contribution < 1.29 is 23.7 Å². The summed E-state index contributed by atoms with van der Waals surface area (Å²) in [5.41, 5.74) is 3.11. The molecular formula is C25H20N3O4+. The number of furan rings is 1. The quantitative estimate of drug-likeness (QED) is 0.458. The number of fused-ring (bicyclic) bond motifs is 1. The summed E-state index contributed by atoms with van der Waals surface area (Å²) in [5, 5.41) is 12.7. The van der Waals surface area contributed by atoms with Crippen molar-refractivity contribution in [1.29, 1.82) is 0 Å². The molecule has 7 heteroatoms. The first-order valence-corrected chi connectivity index (χ1v) is 10.2. The summed E-state index contributed by atoms with van der Waals surface area (Å²) in [6.07, 6.45) is 4.20. The molecule has 32 heavy (non-hydrogen) atoms. The predicted octanol–water partition coefficient (Wildman–Crippen LogP) is 3.60. The Morgan fingerprint density at radius 1 is 1.09 bits per heavy atom. The highest BCUT2D eigenvalue weighted by Gasteiger charge is 2.41. The molecule has 0 bridgehead atoms. The van der Waals surface area contributed by atoms with E-state index in [1.165, 1.54) is 6.07 Å². The van der Waals surface area contributed by atoms with Crippen LogP contribution in [0.25, 0.3) is 11.3 Å². The Labute approximate surface area is 184 Å². The molecule has 1 aliphatic heterocycles. The van der Waals surface area contributed by atoms with Crippen LogP contribution < -0.4 is 9.88 Å². The molecule has 0 fully saturated rings. The van der Waals surface area contributed by atoms with Crippen molar-refractivity contribution in [3.63, 3.8) is 0 Å². The maximum atomic E-state index is 13.2. The second-order valence-electron chi connectivity index (χ2n) is 7.66. The van der Waals surface area contributed by atoms with Crippen LogP contribution in [0.4, 0.5) is 5.82 Å². The third-order valence-electron chi connectivity index (χ3n) is 5.47. The highest BCUT2D eigenvalue weighted by molar-refractivity contribution is 5.89. The molecule has 2 N–H and O–H groups in total. The molecule has 0 spiro atoms. The van der Waals surface area contributed by atoms with E-state index in [9.17, 15) is 14.7 Å². The number of nitrogens with one attached hydrogen (secondary N) is 1. The summed E-state index contributed by atoms with van der Waals surface area (Å²) in [5.74, 6) is 0.245. The number of carboxylic acid groups (broad SMARTS) is 1. The van der Waals surface area contributed by atoms with Crippen LogP contribution >= 0.6 is 0 Å². The Balaban J connectivity index is 1.58. The number of aromatic nitrogens is 2. The van der Waals surface area contributed by atoms with Crippen molar-refractivity contribution in [3.05, 3.63) is 102 Å². The van der Waals surface area contributed by atoms with Gasteiger partial charge in [-0.3, -0.25) is 5.32 Å². The number of benzene rings is 2. The zero-order valence-electron chi connectivity index (χ0n) is 17.1. The number of hydrogen-bond acceptors (Lipinski definition) is 5. The lowest BCUT2D eigenvalue weighted by atomic mass is 10.1. The van der Waals surface area contributed by atoms with E-state index >= 15 is 0 Å². The van der Waals surface area contributed by atoms with Gasteiger partial charge in [-0.2, -0.15) is 4.57 Å². The second kappa shape index (κ2) is 8.11. The Morgan fingerprint density at radius 3 is 2.69 bits per heavy atom. The summed E-state index contributed by atoms with van der Waals surface area (Å²) in [6.45, 7) is 0. The molecule has 3 heterocycles. The molecule has 4 aromatic rings. The molecule has 0 aliphatic carbocycles. The highest BCUT2D eigenvalue weighted by atomic mass is 16.4. The van der Waals surface area contributed by atoms with Crippen molar-refractivity contribution in [1.82, 2.24) is 4.98 Å². The molecule has 1 aliphatic rings. The van der Waals surface area contributed by atoms with E-state index in [-0.39, 0.29) is 11.5 Å². The number of hydrogen-bond donors (Lipinski definition) is 2. The lowest BCUT2D eigenvalue weighted by Crippen LogP contribution is -2.44. The van der Waals surface area contributed by atoms with Gasteiger partial charge >= 0.3 is 17.7 Å².